The Bertz CT molecular complexity index is 1050. The number of rotatable bonds is 3. The van der Waals surface area contributed by atoms with Crippen LogP contribution in [0.4, 0.5) is 11.6 Å². The first-order valence-electron chi connectivity index (χ1n) is 7.88. The minimum Gasteiger partial charge on any atom is -0.364 e. The topological polar surface area (TPSA) is 98.7 Å². The highest BCUT2D eigenvalue weighted by Gasteiger charge is 2.27. The Balaban J connectivity index is 1.76. The number of amides is 1. The third-order valence-electron chi connectivity index (χ3n) is 4.29. The van der Waals surface area contributed by atoms with Gasteiger partial charge in [0.25, 0.3) is 5.91 Å². The van der Waals surface area contributed by atoms with Crippen LogP contribution in [0.3, 0.4) is 0 Å². The van der Waals surface area contributed by atoms with Crippen molar-refractivity contribution in [2.45, 2.75) is 12.8 Å². The SMILES string of the molecule is Cn1nc(C(N)=O)c2c1-c1nc(Nc3ccc(Cl)c(Cl)c3)ncc1CC2. The first-order valence-corrected chi connectivity index (χ1v) is 8.63. The second-order valence-corrected chi connectivity index (χ2v) is 6.80. The summed E-state index contributed by atoms with van der Waals surface area (Å²) < 4.78 is 1.64. The fourth-order valence-electron chi connectivity index (χ4n) is 3.12. The molecule has 0 bridgehead atoms. The van der Waals surface area contributed by atoms with Crippen LogP contribution in [0, 0.1) is 0 Å². The molecule has 9 heteroatoms. The number of benzene rings is 1. The fraction of sp³-hybridized carbons (Fsp3) is 0.176. The molecule has 0 saturated heterocycles. The van der Waals surface area contributed by atoms with E-state index in [0.717, 1.165) is 34.6 Å². The van der Waals surface area contributed by atoms with Gasteiger partial charge in [-0.05, 0) is 36.6 Å². The molecule has 3 N–H and O–H groups in total. The van der Waals surface area contributed by atoms with Crippen LogP contribution in [-0.2, 0) is 19.9 Å². The van der Waals surface area contributed by atoms with Crippen molar-refractivity contribution >= 4 is 40.7 Å². The van der Waals surface area contributed by atoms with Crippen LogP contribution >= 0.6 is 23.2 Å². The van der Waals surface area contributed by atoms with Crippen LogP contribution < -0.4 is 11.1 Å². The third-order valence-corrected chi connectivity index (χ3v) is 5.03. The van der Waals surface area contributed by atoms with Crippen molar-refractivity contribution in [1.29, 1.82) is 0 Å². The van der Waals surface area contributed by atoms with Gasteiger partial charge in [0.1, 0.15) is 0 Å². The number of hydrogen-bond acceptors (Lipinski definition) is 5. The van der Waals surface area contributed by atoms with E-state index >= 15 is 0 Å². The zero-order valence-electron chi connectivity index (χ0n) is 13.8. The van der Waals surface area contributed by atoms with Gasteiger partial charge in [-0.1, -0.05) is 23.2 Å². The van der Waals surface area contributed by atoms with Crippen LogP contribution in [0.5, 0.6) is 0 Å². The van der Waals surface area contributed by atoms with E-state index in [1.54, 1.807) is 36.1 Å². The van der Waals surface area contributed by atoms with E-state index in [9.17, 15) is 4.79 Å². The predicted octanol–water partition coefficient (Wildman–Crippen LogP) is 3.13. The fourth-order valence-corrected chi connectivity index (χ4v) is 3.41. The van der Waals surface area contributed by atoms with E-state index in [-0.39, 0.29) is 0 Å². The number of primary amides is 1. The first kappa shape index (κ1) is 16.8. The van der Waals surface area contributed by atoms with Crippen molar-refractivity contribution in [3.05, 3.63) is 51.3 Å². The van der Waals surface area contributed by atoms with Gasteiger partial charge in [-0.2, -0.15) is 5.10 Å². The van der Waals surface area contributed by atoms with Gasteiger partial charge < -0.3 is 11.1 Å². The summed E-state index contributed by atoms with van der Waals surface area (Å²) in [5.74, 6) is -0.120. The molecule has 0 spiro atoms. The predicted molar refractivity (Wildman–Crippen MR) is 99.9 cm³/mol. The van der Waals surface area contributed by atoms with Crippen LogP contribution in [0.25, 0.3) is 11.4 Å². The average Bonchev–Trinajstić information content (AvgIpc) is 2.96. The van der Waals surface area contributed by atoms with Crippen molar-refractivity contribution in [1.82, 2.24) is 19.7 Å². The monoisotopic (exact) mass is 388 g/mol. The van der Waals surface area contributed by atoms with Gasteiger partial charge in [-0.3, -0.25) is 9.48 Å². The molecule has 7 nitrogen and oxygen atoms in total. The second kappa shape index (κ2) is 6.26. The second-order valence-electron chi connectivity index (χ2n) is 5.98. The molecule has 0 aliphatic heterocycles. The minimum absolute atomic E-state index is 0.297. The lowest BCUT2D eigenvalue weighted by molar-refractivity contribution is 0.0994. The molecule has 0 atom stereocenters. The largest absolute Gasteiger partial charge is 0.364 e. The van der Waals surface area contributed by atoms with Crippen LogP contribution in [0.2, 0.25) is 10.0 Å². The molecule has 0 fully saturated rings. The molecule has 1 amide bonds. The summed E-state index contributed by atoms with van der Waals surface area (Å²) in [5.41, 5.74) is 9.82. The van der Waals surface area contributed by atoms with Crippen molar-refractivity contribution in [2.75, 3.05) is 5.32 Å². The number of nitrogens with zero attached hydrogens (tertiary/aromatic N) is 4. The number of fused-ring (bicyclic) bond motifs is 3. The highest BCUT2D eigenvalue weighted by Crippen LogP contribution is 2.34. The lowest BCUT2D eigenvalue weighted by Crippen LogP contribution is -2.16. The van der Waals surface area contributed by atoms with E-state index in [1.807, 2.05) is 0 Å². The number of aromatic nitrogens is 4. The van der Waals surface area contributed by atoms with Gasteiger partial charge in [0.2, 0.25) is 5.95 Å². The number of nitrogens with two attached hydrogens (primary N) is 1. The molecular weight excluding hydrogens is 375 g/mol. The summed E-state index contributed by atoms with van der Waals surface area (Å²) in [5, 5.41) is 8.28. The summed E-state index contributed by atoms with van der Waals surface area (Å²) in [6.45, 7) is 0. The molecule has 2 heterocycles. The standard InChI is InChI=1S/C17H14Cl2N6O/c1-25-15-10(14(24-25)16(20)26)4-2-8-7-21-17(23-13(8)15)22-9-3-5-11(18)12(19)6-9/h3,5-7H,2,4H2,1H3,(H2,20,26)(H,21,22,23). The molecule has 0 radical (unpaired) electrons. The molecule has 3 aromatic rings. The summed E-state index contributed by atoms with van der Waals surface area (Å²) in [4.78, 5) is 20.6. The molecule has 0 unspecified atom stereocenters. The van der Waals surface area contributed by atoms with Crippen molar-refractivity contribution in [3.63, 3.8) is 0 Å². The smallest absolute Gasteiger partial charge is 0.269 e. The number of carbonyl (C=O) groups excluding carboxylic acids is 1. The van der Waals surface area contributed by atoms with E-state index in [4.69, 9.17) is 28.9 Å². The number of carbonyl (C=O) groups is 1. The molecule has 1 aliphatic rings. The Morgan fingerprint density at radius 1 is 1.27 bits per heavy atom. The van der Waals surface area contributed by atoms with Gasteiger partial charge >= 0.3 is 0 Å². The van der Waals surface area contributed by atoms with Gasteiger partial charge in [-0.15, -0.1) is 0 Å². The van der Waals surface area contributed by atoms with Gasteiger partial charge in [0, 0.05) is 24.5 Å². The summed E-state index contributed by atoms with van der Waals surface area (Å²) in [7, 11) is 1.77. The maximum absolute atomic E-state index is 11.6. The third kappa shape index (κ3) is 2.79. The van der Waals surface area contributed by atoms with Gasteiger partial charge in [0.05, 0.1) is 21.4 Å². The Labute approximate surface area is 159 Å². The molecule has 1 aromatic carbocycles. The zero-order valence-corrected chi connectivity index (χ0v) is 15.3. The molecular formula is C17H14Cl2N6O. The first-order chi connectivity index (χ1) is 12.4. The maximum atomic E-state index is 11.6. The quantitative estimate of drug-likeness (QED) is 0.717. The molecule has 2 aromatic heterocycles. The van der Waals surface area contributed by atoms with Crippen LogP contribution in [0.1, 0.15) is 21.6 Å². The lowest BCUT2D eigenvalue weighted by Gasteiger charge is -2.17. The Morgan fingerprint density at radius 2 is 2.08 bits per heavy atom. The normalized spacial score (nSPS) is 12.4. The Morgan fingerprint density at radius 3 is 2.81 bits per heavy atom. The van der Waals surface area contributed by atoms with Crippen LogP contribution in [-0.4, -0.2) is 25.7 Å². The van der Waals surface area contributed by atoms with E-state index in [2.05, 4.69) is 20.4 Å². The number of nitrogens with one attached hydrogen (secondary N) is 1. The maximum Gasteiger partial charge on any atom is 0.269 e. The van der Waals surface area contributed by atoms with Crippen molar-refractivity contribution < 1.29 is 4.79 Å². The Hall–Kier alpha value is -2.64. The van der Waals surface area contributed by atoms with Crippen LogP contribution in [0.15, 0.2) is 24.4 Å². The van der Waals surface area contributed by atoms with E-state index < -0.39 is 5.91 Å². The number of aryl methyl sites for hydroxylation is 2. The molecule has 26 heavy (non-hydrogen) atoms. The summed E-state index contributed by atoms with van der Waals surface area (Å²) >= 11 is 12.0. The molecule has 0 saturated carbocycles. The average molecular weight is 389 g/mol. The van der Waals surface area contributed by atoms with E-state index in [0.29, 0.717) is 28.1 Å². The number of halogens is 2. The highest BCUT2D eigenvalue weighted by atomic mass is 35.5. The number of anilines is 2. The molecule has 4 rings (SSSR count). The summed E-state index contributed by atoms with van der Waals surface area (Å²) in [6.07, 6.45) is 3.18. The zero-order chi connectivity index (χ0) is 18.4. The molecule has 132 valence electrons. The lowest BCUT2D eigenvalue weighted by atomic mass is 9.93. The summed E-state index contributed by atoms with van der Waals surface area (Å²) in [6, 6.07) is 5.19. The van der Waals surface area contributed by atoms with Gasteiger partial charge in [0.15, 0.2) is 5.69 Å². The highest BCUT2D eigenvalue weighted by molar-refractivity contribution is 6.42. The van der Waals surface area contributed by atoms with E-state index in [1.165, 1.54) is 0 Å². The number of hydrogen-bond donors (Lipinski definition) is 2. The Kier molecular flexibility index (Phi) is 4.05. The van der Waals surface area contributed by atoms with Crippen molar-refractivity contribution in [2.24, 2.45) is 12.8 Å². The minimum atomic E-state index is -0.534. The molecule has 1 aliphatic carbocycles. The van der Waals surface area contributed by atoms with Gasteiger partial charge in [-0.25, -0.2) is 9.97 Å². The van der Waals surface area contributed by atoms with Crippen molar-refractivity contribution in [3.8, 4) is 11.4 Å².